The van der Waals surface area contributed by atoms with Crippen molar-refractivity contribution in [3.05, 3.63) is 69.3 Å². The summed E-state index contributed by atoms with van der Waals surface area (Å²) >= 11 is 12.6. The number of aromatic amines is 1. The number of fused-ring (bicyclic) bond motifs is 3. The fourth-order valence-electron chi connectivity index (χ4n) is 3.91. The summed E-state index contributed by atoms with van der Waals surface area (Å²) in [6, 6.07) is 10.7. The molecule has 0 unspecified atom stereocenters. The molecule has 5 rings (SSSR count). The number of hydrogen-bond acceptors (Lipinski definition) is 5. The SMILES string of the molecule is Cc1ccc(NC(=O)c2cc3[nH]c(Nc4c(Cl)cccc4Cl)nc3c3c2OC(C)(C)C3)nc1. The number of benzene rings is 2. The average Bonchev–Trinajstić information content (AvgIpc) is 3.31. The predicted octanol–water partition coefficient (Wildman–Crippen LogP) is 6.28. The maximum atomic E-state index is 13.2. The van der Waals surface area contributed by atoms with Crippen molar-refractivity contribution in [3.8, 4) is 5.75 Å². The lowest BCUT2D eigenvalue weighted by atomic mass is 9.99. The molecule has 168 valence electrons. The first-order valence-electron chi connectivity index (χ1n) is 10.4. The molecule has 0 spiro atoms. The Kier molecular flexibility index (Phi) is 5.18. The van der Waals surface area contributed by atoms with Crippen LogP contribution in [0, 0.1) is 6.92 Å². The number of halogens is 2. The van der Waals surface area contributed by atoms with Gasteiger partial charge in [-0.15, -0.1) is 0 Å². The Morgan fingerprint density at radius 1 is 1.18 bits per heavy atom. The van der Waals surface area contributed by atoms with Gasteiger partial charge in [0.25, 0.3) is 5.91 Å². The molecule has 2 aromatic heterocycles. The van der Waals surface area contributed by atoms with Gasteiger partial charge in [-0.05, 0) is 50.6 Å². The van der Waals surface area contributed by atoms with E-state index in [1.807, 2.05) is 26.8 Å². The van der Waals surface area contributed by atoms with Gasteiger partial charge in [-0.1, -0.05) is 35.3 Å². The number of carbonyl (C=O) groups is 1. The maximum Gasteiger partial charge on any atom is 0.260 e. The Morgan fingerprint density at radius 3 is 2.64 bits per heavy atom. The van der Waals surface area contributed by atoms with E-state index < -0.39 is 5.60 Å². The van der Waals surface area contributed by atoms with Crippen molar-refractivity contribution in [2.24, 2.45) is 0 Å². The second kappa shape index (κ2) is 7.93. The quantitative estimate of drug-likeness (QED) is 0.318. The van der Waals surface area contributed by atoms with E-state index in [1.54, 1.807) is 36.5 Å². The summed E-state index contributed by atoms with van der Waals surface area (Å²) < 4.78 is 6.18. The van der Waals surface area contributed by atoms with Crippen LogP contribution in [0.5, 0.6) is 5.75 Å². The number of aryl methyl sites for hydroxylation is 1. The van der Waals surface area contributed by atoms with Gasteiger partial charge in [-0.3, -0.25) is 4.79 Å². The van der Waals surface area contributed by atoms with Crippen LogP contribution < -0.4 is 15.4 Å². The number of imidazole rings is 1. The van der Waals surface area contributed by atoms with Gasteiger partial charge in [0, 0.05) is 18.2 Å². The number of anilines is 3. The number of nitrogens with one attached hydrogen (secondary N) is 3. The molecule has 2 aromatic carbocycles. The van der Waals surface area contributed by atoms with E-state index in [-0.39, 0.29) is 5.91 Å². The number of amides is 1. The van der Waals surface area contributed by atoms with Gasteiger partial charge in [-0.25, -0.2) is 9.97 Å². The second-order valence-corrected chi connectivity index (χ2v) is 9.46. The lowest BCUT2D eigenvalue weighted by molar-refractivity contribution is 0.101. The van der Waals surface area contributed by atoms with Crippen molar-refractivity contribution in [1.82, 2.24) is 15.0 Å². The van der Waals surface area contributed by atoms with Crippen LogP contribution in [0.4, 0.5) is 17.5 Å². The molecule has 0 bridgehead atoms. The number of hydrogen-bond donors (Lipinski definition) is 3. The van der Waals surface area contributed by atoms with Crippen LogP contribution in [0.2, 0.25) is 10.0 Å². The van der Waals surface area contributed by atoms with Gasteiger partial charge < -0.3 is 20.4 Å². The third-order valence-corrected chi connectivity index (χ3v) is 6.04. The van der Waals surface area contributed by atoms with Crippen LogP contribution in [0.25, 0.3) is 11.0 Å². The summed E-state index contributed by atoms with van der Waals surface area (Å²) in [4.78, 5) is 25.4. The fraction of sp³-hybridized carbons (Fsp3) is 0.208. The minimum absolute atomic E-state index is 0.305. The van der Waals surface area contributed by atoms with Crippen LogP contribution in [0.1, 0.15) is 35.3 Å². The molecule has 33 heavy (non-hydrogen) atoms. The average molecular weight is 482 g/mol. The fourth-order valence-corrected chi connectivity index (χ4v) is 4.40. The molecule has 1 aliphatic heterocycles. The van der Waals surface area contributed by atoms with Crippen LogP contribution in [0.3, 0.4) is 0 Å². The van der Waals surface area contributed by atoms with Gasteiger partial charge >= 0.3 is 0 Å². The first kappa shape index (κ1) is 21.6. The summed E-state index contributed by atoms with van der Waals surface area (Å²) in [5.74, 6) is 1.16. The molecule has 1 aliphatic rings. The predicted molar refractivity (Wildman–Crippen MR) is 131 cm³/mol. The summed E-state index contributed by atoms with van der Waals surface area (Å²) in [6.45, 7) is 5.91. The van der Waals surface area contributed by atoms with Crippen molar-refractivity contribution in [3.63, 3.8) is 0 Å². The molecule has 0 radical (unpaired) electrons. The minimum atomic E-state index is -0.466. The van der Waals surface area contributed by atoms with Crippen LogP contribution >= 0.6 is 23.2 Å². The highest BCUT2D eigenvalue weighted by Crippen LogP contribution is 2.42. The first-order valence-corrected chi connectivity index (χ1v) is 11.2. The number of H-pyrrole nitrogens is 1. The number of rotatable bonds is 4. The number of carbonyl (C=O) groups excluding carboxylic acids is 1. The molecule has 3 heterocycles. The molecule has 0 atom stereocenters. The van der Waals surface area contributed by atoms with Gasteiger partial charge in [-0.2, -0.15) is 0 Å². The molecule has 4 aromatic rings. The van der Waals surface area contributed by atoms with Crippen molar-refractivity contribution < 1.29 is 9.53 Å². The molecule has 0 saturated carbocycles. The van der Waals surface area contributed by atoms with E-state index in [4.69, 9.17) is 32.9 Å². The number of aromatic nitrogens is 3. The third kappa shape index (κ3) is 4.10. The normalized spacial score (nSPS) is 14.1. The van der Waals surface area contributed by atoms with Crippen molar-refractivity contribution in [2.75, 3.05) is 10.6 Å². The molecule has 3 N–H and O–H groups in total. The summed E-state index contributed by atoms with van der Waals surface area (Å²) in [5, 5.41) is 6.96. The number of nitrogens with zero attached hydrogens (tertiary/aromatic N) is 2. The largest absolute Gasteiger partial charge is 0.486 e. The first-order chi connectivity index (χ1) is 15.7. The molecule has 1 amide bonds. The Bertz CT molecular complexity index is 1380. The summed E-state index contributed by atoms with van der Waals surface area (Å²) in [5.41, 5.74) is 3.80. The zero-order chi connectivity index (χ0) is 23.3. The second-order valence-electron chi connectivity index (χ2n) is 8.65. The molecule has 0 aliphatic carbocycles. The molecular weight excluding hydrogens is 461 g/mol. The number of para-hydroxylation sites is 1. The monoisotopic (exact) mass is 481 g/mol. The van der Waals surface area contributed by atoms with Gasteiger partial charge in [0.2, 0.25) is 5.95 Å². The van der Waals surface area contributed by atoms with E-state index >= 15 is 0 Å². The zero-order valence-corrected chi connectivity index (χ0v) is 19.7. The minimum Gasteiger partial charge on any atom is -0.486 e. The summed E-state index contributed by atoms with van der Waals surface area (Å²) in [6.07, 6.45) is 2.31. The lowest BCUT2D eigenvalue weighted by Gasteiger charge is -2.18. The van der Waals surface area contributed by atoms with Gasteiger partial charge in [0.1, 0.15) is 17.2 Å². The van der Waals surface area contributed by atoms with Gasteiger partial charge in [0.05, 0.1) is 32.3 Å². The maximum absolute atomic E-state index is 13.2. The third-order valence-electron chi connectivity index (χ3n) is 5.41. The topological polar surface area (TPSA) is 91.9 Å². The highest BCUT2D eigenvalue weighted by atomic mass is 35.5. The van der Waals surface area contributed by atoms with Crippen LogP contribution in [-0.2, 0) is 6.42 Å². The zero-order valence-electron chi connectivity index (χ0n) is 18.2. The molecule has 7 nitrogen and oxygen atoms in total. The Labute approximate surface area is 200 Å². The Hall–Kier alpha value is -3.29. The lowest BCUT2D eigenvalue weighted by Crippen LogP contribution is -2.25. The number of pyridine rings is 1. The molecular formula is C24H21Cl2N5O2. The smallest absolute Gasteiger partial charge is 0.260 e. The number of ether oxygens (including phenoxy) is 1. The molecule has 9 heteroatoms. The van der Waals surface area contributed by atoms with E-state index in [1.165, 1.54) is 0 Å². The Balaban J connectivity index is 1.56. The van der Waals surface area contributed by atoms with Crippen molar-refractivity contribution in [1.29, 1.82) is 0 Å². The van der Waals surface area contributed by atoms with Gasteiger partial charge in [0.15, 0.2) is 0 Å². The van der Waals surface area contributed by atoms with E-state index in [0.29, 0.717) is 50.7 Å². The Morgan fingerprint density at radius 2 is 1.94 bits per heavy atom. The summed E-state index contributed by atoms with van der Waals surface area (Å²) in [7, 11) is 0. The highest BCUT2D eigenvalue weighted by molar-refractivity contribution is 6.39. The van der Waals surface area contributed by atoms with E-state index in [0.717, 1.165) is 16.6 Å². The highest BCUT2D eigenvalue weighted by Gasteiger charge is 2.36. The van der Waals surface area contributed by atoms with Crippen LogP contribution in [0.15, 0.2) is 42.6 Å². The molecule has 0 fully saturated rings. The van der Waals surface area contributed by atoms with E-state index in [2.05, 4.69) is 20.6 Å². The standard InChI is InChI=1S/C24H21Cl2N5O2/c1-12-7-8-18(27-11-12)29-22(32)13-9-17-19(14-10-24(2,3)33-21(13)14)30-23(28-17)31-20-15(25)5-4-6-16(20)26/h4-9,11H,10H2,1-3H3,(H,27,29,32)(H2,28,30,31). The van der Waals surface area contributed by atoms with E-state index in [9.17, 15) is 4.79 Å². The van der Waals surface area contributed by atoms with Crippen molar-refractivity contribution in [2.45, 2.75) is 32.8 Å². The van der Waals surface area contributed by atoms with Crippen LogP contribution in [-0.4, -0.2) is 26.5 Å². The molecule has 0 saturated heterocycles. The van der Waals surface area contributed by atoms with Crippen molar-refractivity contribution >= 4 is 57.6 Å².